The summed E-state index contributed by atoms with van der Waals surface area (Å²) in [6.07, 6.45) is -0.378. The Balaban J connectivity index is 2.53. The van der Waals surface area contributed by atoms with Gasteiger partial charge in [0.1, 0.15) is 12.6 Å². The van der Waals surface area contributed by atoms with Crippen LogP contribution in [-0.4, -0.2) is 58.9 Å². The molecule has 0 radical (unpaired) electrons. The number of carbonyl (C=O) groups is 5. The fourth-order valence-electron chi connectivity index (χ4n) is 1.54. The molecule has 1 aliphatic rings. The minimum Gasteiger partial charge on any atom is -0.480 e. The van der Waals surface area contributed by atoms with Gasteiger partial charge in [-0.2, -0.15) is 0 Å². The molecule has 0 aromatic heterocycles. The number of carboxylic acid groups (broad SMARTS) is 1. The van der Waals surface area contributed by atoms with E-state index in [4.69, 9.17) is 10.8 Å². The van der Waals surface area contributed by atoms with E-state index in [1.165, 1.54) is 0 Å². The third-order valence-corrected chi connectivity index (χ3v) is 2.55. The molecule has 0 aromatic rings. The second kappa shape index (κ2) is 6.50. The Bertz CT molecular complexity index is 447. The van der Waals surface area contributed by atoms with Gasteiger partial charge in [-0.25, -0.2) is 9.59 Å². The summed E-state index contributed by atoms with van der Waals surface area (Å²) in [7, 11) is 0. The molecule has 0 bridgehead atoms. The molecule has 10 heteroatoms. The van der Waals surface area contributed by atoms with Gasteiger partial charge in [0, 0.05) is 6.42 Å². The molecule has 1 heterocycles. The molecule has 0 unspecified atom stereocenters. The van der Waals surface area contributed by atoms with Crippen molar-refractivity contribution in [1.29, 1.82) is 0 Å². The van der Waals surface area contributed by atoms with Gasteiger partial charge in [0.05, 0.1) is 6.54 Å². The molecule has 110 valence electrons. The van der Waals surface area contributed by atoms with Crippen LogP contribution in [-0.2, 0) is 19.2 Å². The number of nitrogens with two attached hydrogens (primary N) is 1. The number of aliphatic carboxylic acids is 1. The first-order chi connectivity index (χ1) is 9.31. The summed E-state index contributed by atoms with van der Waals surface area (Å²) in [4.78, 5) is 56.2. The van der Waals surface area contributed by atoms with Gasteiger partial charge in [-0.05, 0) is 6.42 Å². The van der Waals surface area contributed by atoms with Crippen molar-refractivity contribution in [2.24, 2.45) is 5.73 Å². The normalized spacial score (nSPS) is 15.7. The minimum absolute atomic E-state index is 0.170. The van der Waals surface area contributed by atoms with E-state index in [0.717, 1.165) is 0 Å². The number of urea groups is 1. The Hall–Kier alpha value is -2.65. The quantitative estimate of drug-likeness (QED) is 0.375. The molecular weight excluding hydrogens is 272 g/mol. The molecule has 1 aliphatic heterocycles. The molecule has 0 saturated carbocycles. The molecule has 10 nitrogen and oxygen atoms in total. The van der Waals surface area contributed by atoms with E-state index in [1.807, 2.05) is 0 Å². The van der Waals surface area contributed by atoms with Crippen LogP contribution in [0.5, 0.6) is 0 Å². The molecule has 5 amide bonds. The highest BCUT2D eigenvalue weighted by molar-refractivity contribution is 6.04. The van der Waals surface area contributed by atoms with Crippen molar-refractivity contribution in [1.82, 2.24) is 15.5 Å². The van der Waals surface area contributed by atoms with Gasteiger partial charge in [0.15, 0.2) is 0 Å². The highest BCUT2D eigenvalue weighted by atomic mass is 16.4. The lowest BCUT2D eigenvalue weighted by Gasteiger charge is -2.16. The van der Waals surface area contributed by atoms with Crippen molar-refractivity contribution in [3.8, 4) is 0 Å². The highest BCUT2D eigenvalue weighted by Gasteiger charge is 2.31. The van der Waals surface area contributed by atoms with Crippen LogP contribution in [0.15, 0.2) is 0 Å². The molecule has 1 rings (SSSR count). The molecule has 20 heavy (non-hydrogen) atoms. The molecule has 0 aromatic carbocycles. The van der Waals surface area contributed by atoms with Crippen LogP contribution in [0.2, 0.25) is 0 Å². The molecule has 1 atom stereocenters. The van der Waals surface area contributed by atoms with Gasteiger partial charge in [-0.15, -0.1) is 0 Å². The van der Waals surface area contributed by atoms with Crippen LogP contribution in [0.25, 0.3) is 0 Å². The Labute approximate surface area is 113 Å². The zero-order valence-corrected chi connectivity index (χ0v) is 10.4. The first kappa shape index (κ1) is 15.4. The number of nitrogens with zero attached hydrogens (tertiary/aromatic N) is 1. The molecule has 5 N–H and O–H groups in total. The van der Waals surface area contributed by atoms with Crippen molar-refractivity contribution in [2.75, 3.05) is 13.1 Å². The average molecular weight is 286 g/mol. The molecule has 1 fully saturated rings. The van der Waals surface area contributed by atoms with Gasteiger partial charge in [0.2, 0.25) is 11.8 Å². The lowest BCUT2D eigenvalue weighted by molar-refractivity contribution is -0.142. The fraction of sp³-hybridized carbons (Fsp3) is 0.500. The third kappa shape index (κ3) is 4.23. The monoisotopic (exact) mass is 286 g/mol. The second-order valence-electron chi connectivity index (χ2n) is 4.10. The maximum atomic E-state index is 11.6. The summed E-state index contributed by atoms with van der Waals surface area (Å²) in [5, 5.41) is 13.2. The van der Waals surface area contributed by atoms with Crippen LogP contribution < -0.4 is 16.4 Å². The van der Waals surface area contributed by atoms with E-state index >= 15 is 0 Å². The molecular formula is C10H14N4O6. The predicted octanol–water partition coefficient (Wildman–Crippen LogP) is -2.63. The Morgan fingerprint density at radius 1 is 1.40 bits per heavy atom. The summed E-state index contributed by atoms with van der Waals surface area (Å²) >= 11 is 0. The number of rotatable bonds is 7. The second-order valence-corrected chi connectivity index (χ2v) is 4.10. The zero-order chi connectivity index (χ0) is 15.3. The first-order valence-electron chi connectivity index (χ1n) is 5.70. The number of hydrogen-bond donors (Lipinski definition) is 4. The first-order valence-corrected chi connectivity index (χ1v) is 5.70. The molecule has 0 spiro atoms. The van der Waals surface area contributed by atoms with Crippen LogP contribution in [0, 0.1) is 0 Å². The van der Waals surface area contributed by atoms with E-state index in [-0.39, 0.29) is 19.4 Å². The van der Waals surface area contributed by atoms with Gasteiger partial charge >= 0.3 is 12.0 Å². The minimum atomic E-state index is -1.34. The van der Waals surface area contributed by atoms with E-state index in [0.29, 0.717) is 4.90 Å². The van der Waals surface area contributed by atoms with E-state index in [1.54, 1.807) is 0 Å². The SMILES string of the molecule is NC(=O)CC[C@H](NC(=O)CN1C(=O)CNC1=O)C(=O)O. The maximum absolute atomic E-state index is 11.6. The molecule has 1 saturated heterocycles. The standard InChI is InChI=1S/C10H14N4O6/c11-6(15)2-1-5(9(18)19)13-7(16)4-14-8(17)3-12-10(14)20/h5H,1-4H2,(H2,11,15)(H,12,20)(H,13,16)(H,18,19)/t5-/m0/s1. The number of carbonyl (C=O) groups excluding carboxylic acids is 4. The Kier molecular flexibility index (Phi) is 5.01. The van der Waals surface area contributed by atoms with Crippen LogP contribution in [0.3, 0.4) is 0 Å². The van der Waals surface area contributed by atoms with Gasteiger partial charge in [-0.3, -0.25) is 19.3 Å². The van der Waals surface area contributed by atoms with Crippen molar-refractivity contribution in [2.45, 2.75) is 18.9 Å². The van der Waals surface area contributed by atoms with Crippen LogP contribution >= 0.6 is 0 Å². The summed E-state index contributed by atoms with van der Waals surface area (Å²) in [5.41, 5.74) is 4.89. The van der Waals surface area contributed by atoms with Crippen LogP contribution in [0.1, 0.15) is 12.8 Å². The van der Waals surface area contributed by atoms with Gasteiger partial charge in [-0.1, -0.05) is 0 Å². The topological polar surface area (TPSA) is 159 Å². The summed E-state index contributed by atoms with van der Waals surface area (Å²) in [5.74, 6) is -3.42. The number of nitrogens with one attached hydrogen (secondary N) is 2. The van der Waals surface area contributed by atoms with Crippen molar-refractivity contribution < 1.29 is 29.1 Å². The van der Waals surface area contributed by atoms with Crippen molar-refractivity contribution >= 4 is 29.7 Å². The lowest BCUT2D eigenvalue weighted by atomic mass is 10.1. The van der Waals surface area contributed by atoms with Gasteiger partial charge < -0.3 is 21.5 Å². The number of imide groups is 1. The Morgan fingerprint density at radius 3 is 2.50 bits per heavy atom. The number of primary amides is 1. The Morgan fingerprint density at radius 2 is 2.05 bits per heavy atom. The molecule has 0 aliphatic carbocycles. The number of amides is 5. The van der Waals surface area contributed by atoms with Crippen molar-refractivity contribution in [3.63, 3.8) is 0 Å². The zero-order valence-electron chi connectivity index (χ0n) is 10.4. The van der Waals surface area contributed by atoms with E-state index in [2.05, 4.69) is 10.6 Å². The average Bonchev–Trinajstić information content (AvgIpc) is 2.65. The largest absolute Gasteiger partial charge is 0.480 e. The smallest absolute Gasteiger partial charge is 0.326 e. The van der Waals surface area contributed by atoms with Gasteiger partial charge in [0.25, 0.3) is 5.91 Å². The maximum Gasteiger partial charge on any atom is 0.326 e. The highest BCUT2D eigenvalue weighted by Crippen LogP contribution is 2.01. The number of hydrogen-bond acceptors (Lipinski definition) is 5. The van der Waals surface area contributed by atoms with Crippen molar-refractivity contribution in [3.05, 3.63) is 0 Å². The number of carboxylic acids is 1. The summed E-state index contributed by atoms with van der Waals surface area (Å²) < 4.78 is 0. The summed E-state index contributed by atoms with van der Waals surface area (Å²) in [6.45, 7) is -0.777. The van der Waals surface area contributed by atoms with E-state index in [9.17, 15) is 24.0 Å². The summed E-state index contributed by atoms with van der Waals surface area (Å²) in [6, 6.07) is -2.02. The lowest BCUT2D eigenvalue weighted by Crippen LogP contribution is -2.47. The van der Waals surface area contributed by atoms with Crippen LogP contribution in [0.4, 0.5) is 4.79 Å². The fourth-order valence-corrected chi connectivity index (χ4v) is 1.54. The third-order valence-electron chi connectivity index (χ3n) is 2.55. The van der Waals surface area contributed by atoms with E-state index < -0.39 is 42.3 Å². The predicted molar refractivity (Wildman–Crippen MR) is 63.1 cm³/mol.